The third-order valence-electron chi connectivity index (χ3n) is 5.26. The molecule has 4 rings (SSSR count). The lowest BCUT2D eigenvalue weighted by Gasteiger charge is -2.15. The SMILES string of the molecule is CCCOC(=O)c1ccc(N2C(=O)C(Cl)=C(Nc3ccc(C(=O)Oc4ccccc4Cl)cc3)C2=O)cc1. The van der Waals surface area contributed by atoms with Gasteiger partial charge >= 0.3 is 11.9 Å². The minimum absolute atomic E-state index is 0.121. The van der Waals surface area contributed by atoms with E-state index in [-0.39, 0.29) is 27.7 Å². The molecule has 0 fully saturated rings. The predicted molar refractivity (Wildman–Crippen MR) is 139 cm³/mol. The molecule has 0 atom stereocenters. The average Bonchev–Trinajstić information content (AvgIpc) is 3.12. The Labute approximate surface area is 222 Å². The Morgan fingerprint density at radius 2 is 1.46 bits per heavy atom. The van der Waals surface area contributed by atoms with Crippen molar-refractivity contribution in [3.8, 4) is 5.75 Å². The van der Waals surface area contributed by atoms with Gasteiger partial charge in [0, 0.05) is 5.69 Å². The number of anilines is 2. The summed E-state index contributed by atoms with van der Waals surface area (Å²) >= 11 is 12.2. The van der Waals surface area contributed by atoms with Crippen molar-refractivity contribution >= 4 is 58.3 Å². The normalized spacial score (nSPS) is 13.1. The van der Waals surface area contributed by atoms with Gasteiger partial charge in [-0.25, -0.2) is 14.5 Å². The smallest absolute Gasteiger partial charge is 0.343 e. The van der Waals surface area contributed by atoms with Crippen LogP contribution in [0.5, 0.6) is 5.75 Å². The van der Waals surface area contributed by atoms with Crippen LogP contribution in [0.25, 0.3) is 0 Å². The molecule has 10 heteroatoms. The second kappa shape index (κ2) is 11.3. The fourth-order valence-electron chi connectivity index (χ4n) is 3.39. The lowest BCUT2D eigenvalue weighted by Crippen LogP contribution is -2.32. The quantitative estimate of drug-likeness (QED) is 0.227. The summed E-state index contributed by atoms with van der Waals surface area (Å²) in [6.45, 7) is 2.18. The van der Waals surface area contributed by atoms with Gasteiger partial charge in [-0.2, -0.15) is 0 Å². The maximum Gasteiger partial charge on any atom is 0.343 e. The first-order chi connectivity index (χ1) is 17.8. The van der Waals surface area contributed by atoms with Gasteiger partial charge in [-0.15, -0.1) is 0 Å². The van der Waals surface area contributed by atoms with E-state index in [1.165, 1.54) is 48.5 Å². The van der Waals surface area contributed by atoms with Gasteiger partial charge in [-0.1, -0.05) is 42.3 Å². The Morgan fingerprint density at radius 3 is 2.11 bits per heavy atom. The molecule has 1 heterocycles. The number of hydrogen-bond acceptors (Lipinski definition) is 7. The lowest BCUT2D eigenvalue weighted by atomic mass is 10.2. The van der Waals surface area contributed by atoms with Crippen LogP contribution in [0.15, 0.2) is 83.5 Å². The van der Waals surface area contributed by atoms with Gasteiger partial charge in [0.25, 0.3) is 11.8 Å². The third-order valence-corrected chi connectivity index (χ3v) is 5.92. The zero-order valence-corrected chi connectivity index (χ0v) is 21.0. The van der Waals surface area contributed by atoms with Crippen LogP contribution >= 0.6 is 23.2 Å². The number of amides is 2. The average molecular weight is 539 g/mol. The number of halogens is 2. The molecule has 1 aliphatic rings. The first-order valence-corrected chi connectivity index (χ1v) is 11.9. The number of esters is 2. The minimum atomic E-state index is -0.713. The van der Waals surface area contributed by atoms with Crippen molar-refractivity contribution in [1.82, 2.24) is 0 Å². The van der Waals surface area contributed by atoms with Crippen molar-refractivity contribution in [1.29, 1.82) is 0 Å². The molecule has 3 aromatic rings. The van der Waals surface area contributed by atoms with Crippen LogP contribution in [0.2, 0.25) is 5.02 Å². The molecule has 0 spiro atoms. The van der Waals surface area contributed by atoms with E-state index >= 15 is 0 Å². The summed E-state index contributed by atoms with van der Waals surface area (Å²) in [6.07, 6.45) is 0.690. The molecule has 0 saturated heterocycles. The molecule has 0 unspecified atom stereocenters. The number of para-hydroxylation sites is 1. The number of ether oxygens (including phenoxy) is 2. The van der Waals surface area contributed by atoms with Crippen molar-refractivity contribution in [2.75, 3.05) is 16.8 Å². The summed E-state index contributed by atoms with van der Waals surface area (Å²) in [5, 5.41) is 2.85. The molecule has 1 N–H and O–H groups in total. The van der Waals surface area contributed by atoms with Crippen LogP contribution in [-0.2, 0) is 14.3 Å². The molecule has 1 aliphatic heterocycles. The first-order valence-electron chi connectivity index (χ1n) is 11.2. The molecule has 2 amide bonds. The highest BCUT2D eigenvalue weighted by Crippen LogP contribution is 2.31. The Kier molecular flexibility index (Phi) is 7.91. The second-order valence-corrected chi connectivity index (χ2v) is 8.62. The molecule has 3 aromatic carbocycles. The largest absolute Gasteiger partial charge is 0.462 e. The fourth-order valence-corrected chi connectivity index (χ4v) is 3.78. The molecule has 8 nitrogen and oxygen atoms in total. The summed E-state index contributed by atoms with van der Waals surface area (Å²) in [7, 11) is 0. The van der Waals surface area contributed by atoms with Crippen LogP contribution in [0.3, 0.4) is 0 Å². The first kappa shape index (κ1) is 25.9. The van der Waals surface area contributed by atoms with Crippen LogP contribution in [0.1, 0.15) is 34.1 Å². The van der Waals surface area contributed by atoms with Crippen LogP contribution in [-0.4, -0.2) is 30.4 Å². The van der Waals surface area contributed by atoms with Crippen LogP contribution in [0, 0.1) is 0 Å². The van der Waals surface area contributed by atoms with E-state index in [4.69, 9.17) is 32.7 Å². The van der Waals surface area contributed by atoms with Gasteiger partial charge in [0.15, 0.2) is 0 Å². The van der Waals surface area contributed by atoms with Gasteiger partial charge in [0.2, 0.25) is 0 Å². The van der Waals surface area contributed by atoms with Crippen molar-refractivity contribution in [2.24, 2.45) is 0 Å². The van der Waals surface area contributed by atoms with E-state index in [0.29, 0.717) is 29.3 Å². The van der Waals surface area contributed by atoms with Crippen molar-refractivity contribution in [3.05, 3.63) is 99.7 Å². The summed E-state index contributed by atoms with van der Waals surface area (Å²) in [5.41, 5.74) is 1.08. The summed E-state index contributed by atoms with van der Waals surface area (Å²) in [6, 6.07) is 18.5. The maximum absolute atomic E-state index is 13.0. The maximum atomic E-state index is 13.0. The Balaban J connectivity index is 1.44. The molecule has 0 radical (unpaired) electrons. The van der Waals surface area contributed by atoms with Gasteiger partial charge < -0.3 is 14.8 Å². The number of hydrogen-bond donors (Lipinski definition) is 1. The molecular formula is C27H20Cl2N2O6. The lowest BCUT2D eigenvalue weighted by molar-refractivity contribution is -0.120. The topological polar surface area (TPSA) is 102 Å². The number of nitrogens with one attached hydrogen (secondary N) is 1. The van der Waals surface area contributed by atoms with Crippen molar-refractivity contribution in [3.63, 3.8) is 0 Å². The highest BCUT2D eigenvalue weighted by atomic mass is 35.5. The number of carbonyl (C=O) groups is 4. The molecule has 37 heavy (non-hydrogen) atoms. The van der Waals surface area contributed by atoms with Crippen molar-refractivity contribution < 1.29 is 28.7 Å². The third kappa shape index (κ3) is 5.66. The highest BCUT2D eigenvalue weighted by molar-refractivity contribution is 6.53. The van der Waals surface area contributed by atoms with Gasteiger partial charge in [0.1, 0.15) is 16.5 Å². The second-order valence-electron chi connectivity index (χ2n) is 7.84. The number of benzene rings is 3. The van der Waals surface area contributed by atoms with E-state index < -0.39 is 23.8 Å². The van der Waals surface area contributed by atoms with Crippen molar-refractivity contribution in [2.45, 2.75) is 13.3 Å². The number of imide groups is 1. The Morgan fingerprint density at radius 1 is 0.838 bits per heavy atom. The summed E-state index contributed by atoms with van der Waals surface area (Å²) in [5.74, 6) is -2.26. The van der Waals surface area contributed by atoms with Crippen LogP contribution < -0.4 is 15.0 Å². The predicted octanol–water partition coefficient (Wildman–Crippen LogP) is 5.56. The van der Waals surface area contributed by atoms with E-state index in [2.05, 4.69) is 5.32 Å². The minimum Gasteiger partial charge on any atom is -0.462 e. The molecule has 0 aromatic heterocycles. The Hall–Kier alpha value is -4.14. The summed E-state index contributed by atoms with van der Waals surface area (Å²) in [4.78, 5) is 51.1. The van der Waals surface area contributed by atoms with Gasteiger partial charge in [-0.3, -0.25) is 9.59 Å². The van der Waals surface area contributed by atoms with Gasteiger partial charge in [-0.05, 0) is 67.1 Å². The fraction of sp³-hybridized carbons (Fsp3) is 0.111. The number of carbonyl (C=O) groups excluding carboxylic acids is 4. The summed E-state index contributed by atoms with van der Waals surface area (Å²) < 4.78 is 10.4. The highest BCUT2D eigenvalue weighted by Gasteiger charge is 2.39. The molecule has 188 valence electrons. The standard InChI is InChI=1S/C27H20Cl2N2O6/c1-2-15-36-26(34)16-9-13-19(14-10-16)31-24(32)22(29)23(25(31)33)30-18-11-7-17(8-12-18)27(35)37-21-6-4-3-5-20(21)28/h3-14,30H,2,15H2,1H3. The zero-order chi connectivity index (χ0) is 26.5. The molecule has 0 bridgehead atoms. The van der Waals surface area contributed by atoms with Crippen LogP contribution in [0.4, 0.5) is 11.4 Å². The molecule has 0 aliphatic carbocycles. The monoisotopic (exact) mass is 538 g/mol. The molecule has 0 saturated carbocycles. The molecular weight excluding hydrogens is 519 g/mol. The Bertz CT molecular complexity index is 1400. The number of nitrogens with zero attached hydrogens (tertiary/aromatic N) is 1. The van der Waals surface area contributed by atoms with E-state index in [0.717, 1.165) is 4.90 Å². The van der Waals surface area contributed by atoms with Gasteiger partial charge in [0.05, 0.1) is 28.4 Å². The number of rotatable bonds is 8. The van der Waals surface area contributed by atoms with E-state index in [1.807, 2.05) is 6.92 Å². The zero-order valence-electron chi connectivity index (χ0n) is 19.5. The van der Waals surface area contributed by atoms with E-state index in [1.54, 1.807) is 24.3 Å². The van der Waals surface area contributed by atoms with E-state index in [9.17, 15) is 19.2 Å².